The van der Waals surface area contributed by atoms with E-state index in [0.717, 1.165) is 108 Å². The van der Waals surface area contributed by atoms with Gasteiger partial charge >= 0.3 is 39.5 Å². The van der Waals surface area contributed by atoms with E-state index in [1.165, 1.54) is 218 Å². The lowest BCUT2D eigenvalue weighted by molar-refractivity contribution is -0.161. The maximum atomic E-state index is 13.1. The molecule has 0 heterocycles. The lowest BCUT2D eigenvalue weighted by Crippen LogP contribution is -2.30. The van der Waals surface area contributed by atoms with Crippen molar-refractivity contribution in [1.29, 1.82) is 0 Å². The van der Waals surface area contributed by atoms with Crippen LogP contribution in [0.4, 0.5) is 0 Å². The first-order valence-electron chi connectivity index (χ1n) is 40.8. The van der Waals surface area contributed by atoms with Crippen molar-refractivity contribution in [2.45, 2.75) is 426 Å². The molecule has 0 aromatic heterocycles. The number of esters is 4. The zero-order valence-electron chi connectivity index (χ0n) is 64.3. The van der Waals surface area contributed by atoms with Crippen molar-refractivity contribution in [3.8, 4) is 0 Å². The van der Waals surface area contributed by atoms with Crippen molar-refractivity contribution in [3.63, 3.8) is 0 Å². The lowest BCUT2D eigenvalue weighted by Gasteiger charge is -2.21. The van der Waals surface area contributed by atoms with Crippen molar-refractivity contribution in [3.05, 3.63) is 0 Å². The van der Waals surface area contributed by atoms with E-state index < -0.39 is 97.5 Å². The molecule has 2 unspecified atom stereocenters. The third kappa shape index (κ3) is 72.4. The average molecular weight is 1440 g/mol. The molecule has 0 rings (SSSR count). The molecule has 0 saturated carbocycles. The third-order valence-corrected chi connectivity index (χ3v) is 20.3. The van der Waals surface area contributed by atoms with Gasteiger partial charge in [0.25, 0.3) is 0 Å². The van der Waals surface area contributed by atoms with E-state index in [4.69, 9.17) is 37.0 Å². The molecule has 0 amide bonds. The molecule has 5 atom stereocenters. The fourth-order valence-corrected chi connectivity index (χ4v) is 13.7. The molecule has 0 aliphatic rings. The Morgan fingerprint density at radius 3 is 0.694 bits per heavy atom. The number of aliphatic hydroxyl groups is 1. The standard InChI is InChI=1S/C79H154O17P2/c1-8-9-10-11-12-13-14-24-32-39-46-53-60-76(81)89-67-75(96-79(84)63-56-49-42-35-28-27-31-38-45-52-59-72(6)7)69-94-98(87,88)92-65-73(80)64-91-97(85,86)93-68-74(66-90-77(82)61-54-47-40-33-26-21-23-30-37-44-51-58-71(4)5)95-78(83)62-55-48-41-34-25-20-18-16-15-17-19-22-29-36-43-50-57-70(2)3/h70-75,80H,8-69H2,1-7H3,(H,85,86)(H,87,88)/t73-,74-,75-/m1/s1. The van der Waals surface area contributed by atoms with E-state index >= 15 is 0 Å². The normalized spacial score (nSPS) is 14.0. The molecule has 19 heteroatoms. The number of carbonyl (C=O) groups excluding carboxylic acids is 4. The number of carbonyl (C=O) groups is 4. The summed E-state index contributed by atoms with van der Waals surface area (Å²) in [4.78, 5) is 73.0. The van der Waals surface area contributed by atoms with Gasteiger partial charge in [0.05, 0.1) is 26.4 Å². The molecule has 0 spiro atoms. The molecule has 0 aliphatic heterocycles. The zero-order chi connectivity index (χ0) is 72.3. The Kier molecular flexibility index (Phi) is 68.1. The summed E-state index contributed by atoms with van der Waals surface area (Å²) in [6, 6.07) is 0. The second-order valence-corrected chi connectivity index (χ2v) is 32.8. The predicted octanol–water partition coefficient (Wildman–Crippen LogP) is 23.4. The summed E-state index contributed by atoms with van der Waals surface area (Å²) in [5.41, 5.74) is 0. The van der Waals surface area contributed by atoms with E-state index in [-0.39, 0.29) is 25.7 Å². The van der Waals surface area contributed by atoms with Crippen LogP contribution in [0.15, 0.2) is 0 Å². The van der Waals surface area contributed by atoms with Gasteiger partial charge in [-0.1, -0.05) is 357 Å². The minimum atomic E-state index is -4.96. The first-order valence-corrected chi connectivity index (χ1v) is 43.8. The highest BCUT2D eigenvalue weighted by atomic mass is 31.2. The maximum Gasteiger partial charge on any atom is 0.472 e. The summed E-state index contributed by atoms with van der Waals surface area (Å²) < 4.78 is 68.7. The summed E-state index contributed by atoms with van der Waals surface area (Å²) in [5.74, 6) is 0.220. The summed E-state index contributed by atoms with van der Waals surface area (Å²) in [7, 11) is -9.92. The van der Waals surface area contributed by atoms with Crippen LogP contribution in [0.5, 0.6) is 0 Å². The van der Waals surface area contributed by atoms with Gasteiger partial charge in [0.15, 0.2) is 12.2 Å². The van der Waals surface area contributed by atoms with Crippen molar-refractivity contribution in [2.24, 2.45) is 17.8 Å². The second-order valence-electron chi connectivity index (χ2n) is 29.9. The Hall–Kier alpha value is -1.94. The van der Waals surface area contributed by atoms with Crippen LogP contribution in [-0.4, -0.2) is 96.7 Å². The Bertz CT molecular complexity index is 1900. The number of hydrogen-bond donors (Lipinski definition) is 3. The van der Waals surface area contributed by atoms with E-state index in [9.17, 15) is 43.2 Å². The van der Waals surface area contributed by atoms with Gasteiger partial charge in [0, 0.05) is 25.7 Å². The summed E-state index contributed by atoms with van der Waals surface area (Å²) in [6.45, 7) is 12.0. The van der Waals surface area contributed by atoms with Crippen molar-refractivity contribution in [1.82, 2.24) is 0 Å². The van der Waals surface area contributed by atoms with Crippen molar-refractivity contribution in [2.75, 3.05) is 39.6 Å². The van der Waals surface area contributed by atoms with Gasteiger partial charge in [-0.2, -0.15) is 0 Å². The van der Waals surface area contributed by atoms with Gasteiger partial charge < -0.3 is 33.8 Å². The van der Waals surface area contributed by atoms with E-state index in [1.54, 1.807) is 0 Å². The van der Waals surface area contributed by atoms with Crippen LogP contribution >= 0.6 is 15.6 Å². The second kappa shape index (κ2) is 69.4. The summed E-state index contributed by atoms with van der Waals surface area (Å²) in [5, 5.41) is 10.6. The number of aliphatic hydroxyl groups excluding tert-OH is 1. The molecule has 3 N–H and O–H groups in total. The monoisotopic (exact) mass is 1440 g/mol. The minimum absolute atomic E-state index is 0.106. The highest BCUT2D eigenvalue weighted by molar-refractivity contribution is 7.47. The van der Waals surface area contributed by atoms with Crippen LogP contribution in [0.2, 0.25) is 0 Å². The Morgan fingerprint density at radius 2 is 0.469 bits per heavy atom. The Labute approximate surface area is 600 Å². The van der Waals surface area contributed by atoms with Gasteiger partial charge in [0.1, 0.15) is 19.3 Å². The highest BCUT2D eigenvalue weighted by Gasteiger charge is 2.30. The average Bonchev–Trinajstić information content (AvgIpc) is 1.54. The number of unbranched alkanes of at least 4 members (excludes halogenated alkanes) is 45. The van der Waals surface area contributed by atoms with E-state index in [0.29, 0.717) is 25.7 Å². The molecule has 0 radical (unpaired) electrons. The largest absolute Gasteiger partial charge is 0.472 e. The first-order chi connectivity index (χ1) is 47.2. The minimum Gasteiger partial charge on any atom is -0.462 e. The SMILES string of the molecule is CCCCCCCCCCCCCCC(=O)OC[C@H](COP(=O)(O)OC[C@H](O)COP(=O)(O)OC[C@@H](COC(=O)CCCCCCCCCCCCCC(C)C)OC(=O)CCCCCCCCCCCCCCCCCCC(C)C)OC(=O)CCCCCCCCCCCCC(C)C. The molecular formula is C79H154O17P2. The zero-order valence-corrected chi connectivity index (χ0v) is 66.0. The Balaban J connectivity index is 5.25. The van der Waals surface area contributed by atoms with Crippen LogP contribution < -0.4 is 0 Å². The lowest BCUT2D eigenvalue weighted by atomic mass is 10.0. The summed E-state index contributed by atoms with van der Waals surface area (Å²) >= 11 is 0. The summed E-state index contributed by atoms with van der Waals surface area (Å²) in [6.07, 6.45) is 56.8. The topological polar surface area (TPSA) is 237 Å². The van der Waals surface area contributed by atoms with Crippen molar-refractivity contribution >= 4 is 39.5 Å². The van der Waals surface area contributed by atoms with Crippen LogP contribution in [-0.2, 0) is 65.4 Å². The van der Waals surface area contributed by atoms with Gasteiger partial charge in [-0.15, -0.1) is 0 Å². The van der Waals surface area contributed by atoms with Gasteiger partial charge in [-0.05, 0) is 43.4 Å². The molecule has 0 saturated heterocycles. The number of hydrogen-bond acceptors (Lipinski definition) is 15. The maximum absolute atomic E-state index is 13.1. The van der Waals surface area contributed by atoms with E-state index in [2.05, 4.69) is 48.5 Å². The van der Waals surface area contributed by atoms with Gasteiger partial charge in [-0.3, -0.25) is 37.3 Å². The quantitative estimate of drug-likeness (QED) is 0.0222. The molecular weight excluding hydrogens is 1280 g/mol. The smallest absolute Gasteiger partial charge is 0.462 e. The fraction of sp³-hybridized carbons (Fsp3) is 0.949. The molecule has 0 aromatic carbocycles. The van der Waals surface area contributed by atoms with Crippen LogP contribution in [0.1, 0.15) is 408 Å². The van der Waals surface area contributed by atoms with Gasteiger partial charge in [-0.25, -0.2) is 9.13 Å². The number of phosphoric ester groups is 2. The third-order valence-electron chi connectivity index (χ3n) is 18.4. The fourth-order valence-electron chi connectivity index (χ4n) is 12.1. The predicted molar refractivity (Wildman–Crippen MR) is 400 cm³/mol. The highest BCUT2D eigenvalue weighted by Crippen LogP contribution is 2.45. The molecule has 98 heavy (non-hydrogen) atoms. The van der Waals surface area contributed by atoms with Crippen LogP contribution in [0, 0.1) is 17.8 Å². The van der Waals surface area contributed by atoms with Crippen LogP contribution in [0.3, 0.4) is 0 Å². The van der Waals surface area contributed by atoms with E-state index in [1.807, 2.05) is 0 Å². The Morgan fingerprint density at radius 1 is 0.276 bits per heavy atom. The van der Waals surface area contributed by atoms with Crippen LogP contribution in [0.25, 0.3) is 0 Å². The van der Waals surface area contributed by atoms with Crippen molar-refractivity contribution < 1.29 is 80.2 Å². The number of phosphoric acid groups is 2. The molecule has 17 nitrogen and oxygen atoms in total. The molecule has 582 valence electrons. The molecule has 0 aromatic rings. The number of ether oxygens (including phenoxy) is 4. The molecule has 0 aliphatic carbocycles. The van der Waals surface area contributed by atoms with Gasteiger partial charge in [0.2, 0.25) is 0 Å². The molecule has 0 fully saturated rings. The molecule has 0 bridgehead atoms. The number of rotatable bonds is 77. The first kappa shape index (κ1) is 96.1.